The summed E-state index contributed by atoms with van der Waals surface area (Å²) in [6.07, 6.45) is 1.40. The van der Waals surface area contributed by atoms with Crippen LogP contribution < -0.4 is 20.3 Å². The van der Waals surface area contributed by atoms with E-state index in [1.54, 1.807) is 7.05 Å². The Kier molecular flexibility index (Phi) is 5.88. The lowest BCUT2D eigenvalue weighted by Crippen LogP contribution is -2.11. The summed E-state index contributed by atoms with van der Waals surface area (Å²) in [7, 11) is -2.21. The molecule has 0 atom stereocenters. The lowest BCUT2D eigenvalue weighted by atomic mass is 10.1. The van der Waals surface area contributed by atoms with Gasteiger partial charge in [-0.2, -0.15) is 0 Å². The van der Waals surface area contributed by atoms with Gasteiger partial charge in [-0.05, 0) is 36.4 Å². The van der Waals surface area contributed by atoms with Gasteiger partial charge in [0.15, 0.2) is 11.6 Å². The van der Waals surface area contributed by atoms with Crippen molar-refractivity contribution in [2.24, 2.45) is 0 Å². The summed E-state index contributed by atoms with van der Waals surface area (Å²) in [4.78, 5) is 14.4. The van der Waals surface area contributed by atoms with E-state index in [0.717, 1.165) is 17.5 Å². The van der Waals surface area contributed by atoms with Crippen LogP contribution in [0.1, 0.15) is 0 Å². The predicted molar refractivity (Wildman–Crippen MR) is 111 cm³/mol. The maximum atomic E-state index is 14.1. The molecule has 0 unspecified atom stereocenters. The molecule has 7 nitrogen and oxygen atoms in total. The molecule has 3 N–H and O–H groups in total. The molecule has 156 valence electrons. The maximum Gasteiger partial charge on any atom is 0.271 e. The van der Waals surface area contributed by atoms with E-state index in [2.05, 4.69) is 21.6 Å². The third kappa shape index (κ3) is 4.66. The molecule has 0 saturated carbocycles. The van der Waals surface area contributed by atoms with Gasteiger partial charge in [0.2, 0.25) is 0 Å². The van der Waals surface area contributed by atoms with E-state index in [0.29, 0.717) is 17.2 Å². The molecule has 0 radical (unpaired) electrons. The monoisotopic (exact) mass is 433 g/mol. The largest absolute Gasteiger partial charge is 0.454 e. The Bertz CT molecular complexity index is 1270. The molecule has 1 aromatic heterocycles. The van der Waals surface area contributed by atoms with E-state index in [1.165, 1.54) is 30.5 Å². The zero-order valence-electron chi connectivity index (χ0n) is 15.7. The standard InChI is InChI=1S/C20H17F2N3O4S/c1-3-30(27,28)25-14-5-7-18(29-19-6-4-13(21)9-16(19)22)15(10-14)12-8-17(23-2)20(26)24-11-12/h3-11,23,25H,1H2,2H3,(H,24,26). The Balaban J connectivity index is 2.13. The average Bonchev–Trinajstić information content (AvgIpc) is 2.71. The summed E-state index contributed by atoms with van der Waals surface area (Å²) in [6, 6.07) is 8.66. The third-order valence-corrected chi connectivity index (χ3v) is 5.02. The fraction of sp³-hybridized carbons (Fsp3) is 0.0500. The fourth-order valence-corrected chi connectivity index (χ4v) is 3.15. The molecule has 0 saturated heterocycles. The van der Waals surface area contributed by atoms with Crippen molar-refractivity contribution in [1.82, 2.24) is 4.98 Å². The zero-order valence-corrected chi connectivity index (χ0v) is 16.5. The van der Waals surface area contributed by atoms with E-state index < -0.39 is 21.7 Å². The number of aromatic nitrogens is 1. The van der Waals surface area contributed by atoms with Gasteiger partial charge in [-0.25, -0.2) is 17.2 Å². The Morgan fingerprint density at radius 1 is 1.10 bits per heavy atom. The highest BCUT2D eigenvalue weighted by atomic mass is 32.2. The molecule has 10 heteroatoms. The van der Waals surface area contributed by atoms with Crippen LogP contribution in [-0.2, 0) is 10.0 Å². The highest BCUT2D eigenvalue weighted by molar-refractivity contribution is 7.95. The van der Waals surface area contributed by atoms with E-state index in [4.69, 9.17) is 4.74 Å². The normalized spacial score (nSPS) is 11.0. The minimum absolute atomic E-state index is 0.149. The molecule has 2 aromatic carbocycles. The topological polar surface area (TPSA) is 100 Å². The SMILES string of the molecule is C=CS(=O)(=O)Nc1ccc(Oc2ccc(F)cc2F)c(-c2c[nH]c(=O)c(NC)c2)c1. The first-order chi connectivity index (χ1) is 14.2. The summed E-state index contributed by atoms with van der Waals surface area (Å²) >= 11 is 0. The Hall–Kier alpha value is -3.66. The minimum Gasteiger partial charge on any atom is -0.454 e. The first-order valence-corrected chi connectivity index (χ1v) is 10.1. The molecule has 30 heavy (non-hydrogen) atoms. The van der Waals surface area contributed by atoms with Gasteiger partial charge in [0.25, 0.3) is 15.6 Å². The predicted octanol–water partition coefficient (Wildman–Crippen LogP) is 4.04. The van der Waals surface area contributed by atoms with Gasteiger partial charge in [-0.1, -0.05) is 6.58 Å². The van der Waals surface area contributed by atoms with Crippen LogP contribution >= 0.6 is 0 Å². The van der Waals surface area contributed by atoms with Crippen molar-refractivity contribution in [1.29, 1.82) is 0 Å². The number of hydrogen-bond donors (Lipinski definition) is 3. The highest BCUT2D eigenvalue weighted by Gasteiger charge is 2.15. The van der Waals surface area contributed by atoms with Crippen molar-refractivity contribution in [2.45, 2.75) is 0 Å². The fourth-order valence-electron chi connectivity index (χ4n) is 2.62. The van der Waals surface area contributed by atoms with Gasteiger partial charge in [0.05, 0.1) is 0 Å². The summed E-state index contributed by atoms with van der Waals surface area (Å²) in [5.74, 6) is -1.74. The summed E-state index contributed by atoms with van der Waals surface area (Å²) < 4.78 is 58.8. The lowest BCUT2D eigenvalue weighted by molar-refractivity contribution is 0.439. The van der Waals surface area contributed by atoms with Crippen LogP contribution in [0.5, 0.6) is 11.5 Å². The minimum atomic E-state index is -3.77. The van der Waals surface area contributed by atoms with Crippen LogP contribution in [0, 0.1) is 11.6 Å². The number of pyridine rings is 1. The molecule has 3 rings (SSSR count). The highest BCUT2D eigenvalue weighted by Crippen LogP contribution is 2.37. The van der Waals surface area contributed by atoms with Crippen LogP contribution in [0.25, 0.3) is 11.1 Å². The number of nitrogens with one attached hydrogen (secondary N) is 3. The van der Waals surface area contributed by atoms with Crippen molar-refractivity contribution < 1.29 is 21.9 Å². The first-order valence-electron chi connectivity index (χ1n) is 8.55. The number of sulfonamides is 1. The van der Waals surface area contributed by atoms with Crippen molar-refractivity contribution in [3.8, 4) is 22.6 Å². The number of halogens is 2. The van der Waals surface area contributed by atoms with Gasteiger partial charge in [-0.15, -0.1) is 0 Å². The Morgan fingerprint density at radius 2 is 1.83 bits per heavy atom. The van der Waals surface area contributed by atoms with Crippen LogP contribution in [0.3, 0.4) is 0 Å². The molecule has 3 aromatic rings. The van der Waals surface area contributed by atoms with Gasteiger partial charge in [-0.3, -0.25) is 9.52 Å². The second-order valence-electron chi connectivity index (χ2n) is 6.08. The number of aromatic amines is 1. The van der Waals surface area contributed by atoms with Crippen molar-refractivity contribution in [3.63, 3.8) is 0 Å². The van der Waals surface area contributed by atoms with Gasteiger partial charge < -0.3 is 15.0 Å². The maximum absolute atomic E-state index is 14.1. The van der Waals surface area contributed by atoms with Gasteiger partial charge >= 0.3 is 0 Å². The van der Waals surface area contributed by atoms with Crippen molar-refractivity contribution in [3.05, 3.63) is 82.6 Å². The van der Waals surface area contributed by atoms with Gasteiger partial charge in [0, 0.05) is 41.5 Å². The lowest BCUT2D eigenvalue weighted by Gasteiger charge is -2.15. The molecule has 0 spiro atoms. The number of rotatable bonds is 7. The molecule has 0 amide bonds. The third-order valence-electron chi connectivity index (χ3n) is 4.06. The summed E-state index contributed by atoms with van der Waals surface area (Å²) in [6.45, 7) is 3.24. The van der Waals surface area contributed by atoms with Crippen LogP contribution in [0.2, 0.25) is 0 Å². The van der Waals surface area contributed by atoms with Crippen LogP contribution in [-0.4, -0.2) is 20.4 Å². The Morgan fingerprint density at radius 3 is 2.50 bits per heavy atom. The van der Waals surface area contributed by atoms with Crippen molar-refractivity contribution in [2.75, 3.05) is 17.1 Å². The average molecular weight is 433 g/mol. The number of hydrogen-bond acceptors (Lipinski definition) is 5. The number of anilines is 2. The van der Waals surface area contributed by atoms with Crippen LogP contribution in [0.15, 0.2) is 65.4 Å². The smallest absolute Gasteiger partial charge is 0.271 e. The quantitative estimate of drug-likeness (QED) is 0.522. The molecule has 1 heterocycles. The van der Waals surface area contributed by atoms with Gasteiger partial charge in [0.1, 0.15) is 17.3 Å². The first kappa shape index (κ1) is 21.1. The van der Waals surface area contributed by atoms with E-state index >= 15 is 0 Å². The number of ether oxygens (including phenoxy) is 1. The van der Waals surface area contributed by atoms with E-state index in [9.17, 15) is 22.0 Å². The Labute approximate surface area is 171 Å². The van der Waals surface area contributed by atoms with E-state index in [-0.39, 0.29) is 28.4 Å². The molecule has 0 aliphatic carbocycles. The molecular weight excluding hydrogens is 416 g/mol. The summed E-state index contributed by atoms with van der Waals surface area (Å²) in [5.41, 5.74) is 0.876. The molecule has 0 aliphatic rings. The second-order valence-corrected chi connectivity index (χ2v) is 7.71. The van der Waals surface area contributed by atoms with Crippen molar-refractivity contribution >= 4 is 21.4 Å². The van der Waals surface area contributed by atoms with Crippen LogP contribution in [0.4, 0.5) is 20.2 Å². The summed E-state index contributed by atoms with van der Waals surface area (Å²) in [5, 5.41) is 3.49. The molecule has 0 aliphatic heterocycles. The zero-order chi connectivity index (χ0) is 21.9. The molecular formula is C20H17F2N3O4S. The van der Waals surface area contributed by atoms with E-state index in [1.807, 2.05) is 0 Å². The number of benzene rings is 2. The number of H-pyrrole nitrogens is 1. The molecule has 0 fully saturated rings. The molecule has 0 bridgehead atoms. The second kappa shape index (κ2) is 8.37.